The molecule has 0 saturated heterocycles. The number of aromatic hydroxyl groups is 1. The molecular formula is C21H26O3. The van der Waals surface area contributed by atoms with E-state index in [-0.39, 0.29) is 16.6 Å². The van der Waals surface area contributed by atoms with E-state index in [1.54, 1.807) is 12.1 Å². The third kappa shape index (κ3) is 1.76. The van der Waals surface area contributed by atoms with Gasteiger partial charge in [0, 0.05) is 5.41 Å². The Morgan fingerprint density at radius 1 is 1.17 bits per heavy atom. The second-order valence-corrected chi connectivity index (χ2v) is 8.64. The van der Waals surface area contributed by atoms with Crippen LogP contribution in [0.3, 0.4) is 0 Å². The molecule has 0 heterocycles. The summed E-state index contributed by atoms with van der Waals surface area (Å²) in [5.41, 5.74) is 0.614. The van der Waals surface area contributed by atoms with Crippen molar-refractivity contribution in [1.29, 1.82) is 0 Å². The lowest BCUT2D eigenvalue weighted by Crippen LogP contribution is -2.54. The number of terminal acetylenes is 1. The van der Waals surface area contributed by atoms with Crippen LogP contribution in [0.2, 0.25) is 0 Å². The lowest BCUT2D eigenvalue weighted by atomic mass is 9.46. The van der Waals surface area contributed by atoms with Crippen molar-refractivity contribution in [3.05, 3.63) is 29.3 Å². The molecule has 0 aromatic heterocycles. The number of hydrogen-bond acceptors (Lipinski definition) is 3. The molecular weight excluding hydrogens is 300 g/mol. The van der Waals surface area contributed by atoms with Crippen LogP contribution < -0.4 is 0 Å². The van der Waals surface area contributed by atoms with Gasteiger partial charge in [0.1, 0.15) is 11.4 Å². The number of hydrogen-bond donors (Lipinski definition) is 3. The van der Waals surface area contributed by atoms with Gasteiger partial charge in [-0.1, -0.05) is 25.8 Å². The van der Waals surface area contributed by atoms with Crippen molar-refractivity contribution in [2.75, 3.05) is 0 Å². The summed E-state index contributed by atoms with van der Waals surface area (Å²) >= 11 is 0. The minimum Gasteiger partial charge on any atom is -0.508 e. The molecule has 128 valence electrons. The highest BCUT2D eigenvalue weighted by molar-refractivity contribution is 5.43. The van der Waals surface area contributed by atoms with E-state index in [0.29, 0.717) is 24.7 Å². The zero-order valence-electron chi connectivity index (χ0n) is 14.4. The molecule has 3 nitrogen and oxygen atoms in total. The van der Waals surface area contributed by atoms with Gasteiger partial charge in [0.25, 0.3) is 0 Å². The molecule has 1 aromatic carbocycles. The van der Waals surface area contributed by atoms with Crippen molar-refractivity contribution in [1.82, 2.24) is 0 Å². The highest BCUT2D eigenvalue weighted by Gasteiger charge is 2.65. The first-order chi connectivity index (χ1) is 11.2. The predicted molar refractivity (Wildman–Crippen MR) is 92.4 cm³/mol. The minimum absolute atomic E-state index is 0.0856. The first-order valence-electron chi connectivity index (χ1n) is 8.96. The smallest absolute Gasteiger partial charge is 0.130 e. The minimum atomic E-state index is -1.04. The van der Waals surface area contributed by atoms with Crippen molar-refractivity contribution in [2.45, 2.75) is 63.6 Å². The summed E-state index contributed by atoms with van der Waals surface area (Å²) in [6.07, 6.45) is 9.21. The number of aliphatic hydroxyl groups excluding tert-OH is 1. The van der Waals surface area contributed by atoms with Crippen molar-refractivity contribution < 1.29 is 15.3 Å². The summed E-state index contributed by atoms with van der Waals surface area (Å²) in [6, 6.07) is 5.40. The van der Waals surface area contributed by atoms with Crippen LogP contribution in [0.15, 0.2) is 18.2 Å². The SMILES string of the molecule is C#C[C@]1(O)CC[C@H]2[C@]3(C)C[C@@H](O)c4cc(O)ccc4[C@H]3CC[C@@]21C. The quantitative estimate of drug-likeness (QED) is 0.640. The second-order valence-electron chi connectivity index (χ2n) is 8.64. The van der Waals surface area contributed by atoms with Crippen LogP contribution >= 0.6 is 0 Å². The van der Waals surface area contributed by atoms with Crippen LogP contribution in [-0.4, -0.2) is 20.9 Å². The summed E-state index contributed by atoms with van der Waals surface area (Å²) in [6.45, 7) is 4.41. The molecule has 2 saturated carbocycles. The number of phenols is 1. The standard InChI is InChI=1S/C21H26O3/c1-4-21(24)10-8-18-19(2)12-17(23)15-11-13(22)5-6-14(15)16(19)7-9-20(18,21)3/h1,5-6,11,16-18,22-24H,7-10,12H2,2-3H3/t16-,17-,18+,19-,20+,21+/m1/s1. The fourth-order valence-corrected chi connectivity index (χ4v) is 6.43. The van der Waals surface area contributed by atoms with Crippen molar-refractivity contribution in [3.63, 3.8) is 0 Å². The predicted octanol–water partition coefficient (Wildman–Crippen LogP) is 3.49. The Bertz CT molecular complexity index is 735. The highest BCUT2D eigenvalue weighted by Crippen LogP contribution is 2.70. The number of aliphatic hydroxyl groups is 2. The summed E-state index contributed by atoms with van der Waals surface area (Å²) in [7, 11) is 0. The number of fused-ring (bicyclic) bond motifs is 5. The van der Waals surface area contributed by atoms with Crippen molar-refractivity contribution >= 4 is 0 Å². The van der Waals surface area contributed by atoms with Crippen LogP contribution in [0.1, 0.15) is 69.1 Å². The van der Waals surface area contributed by atoms with Gasteiger partial charge in [-0.15, -0.1) is 6.42 Å². The molecule has 0 spiro atoms. The third-order valence-corrected chi connectivity index (χ3v) is 7.73. The van der Waals surface area contributed by atoms with E-state index in [1.807, 2.05) is 6.07 Å². The van der Waals surface area contributed by atoms with E-state index in [9.17, 15) is 15.3 Å². The average Bonchev–Trinajstić information content (AvgIpc) is 2.81. The molecule has 0 bridgehead atoms. The van der Waals surface area contributed by atoms with Crippen molar-refractivity contribution in [2.24, 2.45) is 16.7 Å². The van der Waals surface area contributed by atoms with E-state index in [1.165, 1.54) is 0 Å². The zero-order chi connectivity index (χ0) is 17.3. The molecule has 3 aliphatic rings. The second kappa shape index (κ2) is 4.77. The average molecular weight is 326 g/mol. The largest absolute Gasteiger partial charge is 0.508 e. The Balaban J connectivity index is 1.83. The Morgan fingerprint density at radius 3 is 2.62 bits per heavy atom. The Morgan fingerprint density at radius 2 is 1.92 bits per heavy atom. The Hall–Kier alpha value is -1.50. The topological polar surface area (TPSA) is 60.7 Å². The van der Waals surface area contributed by atoms with E-state index >= 15 is 0 Å². The van der Waals surface area contributed by atoms with Crippen LogP contribution in [-0.2, 0) is 0 Å². The molecule has 3 heteroatoms. The maximum atomic E-state index is 11.0. The molecule has 4 rings (SSSR count). The normalized spacial score (nSPS) is 46.5. The number of rotatable bonds is 0. The molecule has 0 aliphatic heterocycles. The van der Waals surface area contributed by atoms with Gasteiger partial charge in [0.2, 0.25) is 0 Å². The molecule has 0 amide bonds. The van der Waals surface area contributed by atoms with Gasteiger partial charge in [-0.2, -0.15) is 0 Å². The molecule has 3 aliphatic carbocycles. The van der Waals surface area contributed by atoms with Gasteiger partial charge in [-0.05, 0) is 72.6 Å². The first kappa shape index (κ1) is 16.0. The van der Waals surface area contributed by atoms with Crippen LogP contribution in [0.5, 0.6) is 5.75 Å². The molecule has 1 aromatic rings. The van der Waals surface area contributed by atoms with E-state index in [2.05, 4.69) is 19.8 Å². The first-order valence-corrected chi connectivity index (χ1v) is 8.96. The van der Waals surface area contributed by atoms with Crippen LogP contribution in [0.25, 0.3) is 0 Å². The summed E-state index contributed by atoms with van der Waals surface area (Å²) < 4.78 is 0. The molecule has 3 N–H and O–H groups in total. The van der Waals surface area contributed by atoms with Crippen LogP contribution in [0.4, 0.5) is 0 Å². The highest BCUT2D eigenvalue weighted by atomic mass is 16.3. The molecule has 6 atom stereocenters. The summed E-state index contributed by atoms with van der Waals surface area (Å²) in [4.78, 5) is 0. The van der Waals surface area contributed by atoms with Crippen molar-refractivity contribution in [3.8, 4) is 18.1 Å². The lowest BCUT2D eigenvalue weighted by molar-refractivity contribution is -0.110. The summed E-state index contributed by atoms with van der Waals surface area (Å²) in [5, 5.41) is 31.6. The van der Waals surface area contributed by atoms with E-state index in [4.69, 9.17) is 6.42 Å². The van der Waals surface area contributed by atoms with Gasteiger partial charge in [-0.3, -0.25) is 0 Å². The number of benzene rings is 1. The maximum absolute atomic E-state index is 11.0. The van der Waals surface area contributed by atoms with Gasteiger partial charge in [-0.25, -0.2) is 0 Å². The molecule has 0 unspecified atom stereocenters. The van der Waals surface area contributed by atoms with Gasteiger partial charge in [0.15, 0.2) is 0 Å². The molecule has 2 fully saturated rings. The van der Waals surface area contributed by atoms with E-state index in [0.717, 1.165) is 30.4 Å². The Labute approximate surface area is 143 Å². The summed E-state index contributed by atoms with van der Waals surface area (Å²) in [5.74, 6) is 3.53. The fourth-order valence-electron chi connectivity index (χ4n) is 6.43. The van der Waals surface area contributed by atoms with E-state index < -0.39 is 11.7 Å². The molecule has 0 radical (unpaired) electrons. The molecule has 24 heavy (non-hydrogen) atoms. The fraction of sp³-hybridized carbons (Fsp3) is 0.619. The Kier molecular flexibility index (Phi) is 3.18. The number of phenolic OH excluding ortho intramolecular Hbond substituents is 1. The van der Waals surface area contributed by atoms with Crippen LogP contribution in [0, 0.1) is 29.1 Å². The third-order valence-electron chi connectivity index (χ3n) is 7.73. The van der Waals surface area contributed by atoms with Gasteiger partial charge < -0.3 is 15.3 Å². The van der Waals surface area contributed by atoms with Gasteiger partial charge >= 0.3 is 0 Å². The monoisotopic (exact) mass is 326 g/mol. The maximum Gasteiger partial charge on any atom is 0.130 e. The zero-order valence-corrected chi connectivity index (χ0v) is 14.4. The lowest BCUT2D eigenvalue weighted by Gasteiger charge is -2.58. The van der Waals surface area contributed by atoms with Gasteiger partial charge in [0.05, 0.1) is 6.10 Å².